The highest BCUT2D eigenvalue weighted by molar-refractivity contribution is 14.1. The number of rotatable bonds is 0. The van der Waals surface area contributed by atoms with Crippen LogP contribution in [0.2, 0.25) is 0 Å². The van der Waals surface area contributed by atoms with Crippen molar-refractivity contribution in [2.24, 2.45) is 0 Å². The minimum absolute atomic E-state index is 0.840. The number of halogens is 1. The standard InChI is InChI=1S/C8H7IN2S/c1-4-11-7-2-5(9)6(10)3-8(7)12-4/h2-3H,10H2,1H3. The second-order valence-electron chi connectivity index (χ2n) is 2.57. The molecule has 0 saturated heterocycles. The molecule has 1 heterocycles. The lowest BCUT2D eigenvalue weighted by Crippen LogP contribution is -1.87. The molecule has 0 spiro atoms. The molecule has 62 valence electrons. The Morgan fingerprint density at radius 1 is 1.50 bits per heavy atom. The molecule has 1 aromatic carbocycles. The Bertz CT molecular complexity index is 397. The number of hydrogen-bond donors (Lipinski definition) is 1. The van der Waals surface area contributed by atoms with Crippen molar-refractivity contribution in [2.75, 3.05) is 5.73 Å². The molecule has 0 fully saturated rings. The van der Waals surface area contributed by atoms with Crippen molar-refractivity contribution in [3.05, 3.63) is 20.7 Å². The Balaban J connectivity index is 2.83. The zero-order valence-corrected chi connectivity index (χ0v) is 9.44. The third-order valence-corrected chi connectivity index (χ3v) is 3.48. The number of fused-ring (bicyclic) bond motifs is 1. The normalized spacial score (nSPS) is 10.8. The molecule has 0 aliphatic carbocycles. The minimum atomic E-state index is 0.840. The molecule has 2 nitrogen and oxygen atoms in total. The predicted molar refractivity (Wildman–Crippen MR) is 61.5 cm³/mol. The van der Waals surface area contributed by atoms with Crippen molar-refractivity contribution >= 4 is 49.8 Å². The van der Waals surface area contributed by atoms with E-state index >= 15 is 0 Å². The first-order valence-electron chi connectivity index (χ1n) is 3.49. The number of anilines is 1. The summed E-state index contributed by atoms with van der Waals surface area (Å²) in [5.74, 6) is 0. The van der Waals surface area contributed by atoms with Crippen molar-refractivity contribution < 1.29 is 0 Å². The summed E-state index contributed by atoms with van der Waals surface area (Å²) < 4.78 is 2.25. The number of aryl methyl sites for hydroxylation is 1. The molecule has 0 amide bonds. The largest absolute Gasteiger partial charge is 0.398 e. The van der Waals surface area contributed by atoms with Gasteiger partial charge in [-0.3, -0.25) is 0 Å². The summed E-state index contributed by atoms with van der Waals surface area (Å²) >= 11 is 3.90. The van der Waals surface area contributed by atoms with Crippen molar-refractivity contribution in [3.8, 4) is 0 Å². The quantitative estimate of drug-likeness (QED) is 0.598. The van der Waals surface area contributed by atoms with E-state index in [2.05, 4.69) is 27.6 Å². The maximum absolute atomic E-state index is 5.77. The zero-order valence-electron chi connectivity index (χ0n) is 6.47. The number of nitrogen functional groups attached to an aromatic ring is 1. The molecule has 4 heteroatoms. The van der Waals surface area contributed by atoms with Crippen LogP contribution in [0.4, 0.5) is 5.69 Å². The van der Waals surface area contributed by atoms with Gasteiger partial charge in [-0.05, 0) is 41.6 Å². The zero-order chi connectivity index (χ0) is 8.72. The number of benzene rings is 1. The maximum Gasteiger partial charge on any atom is 0.0907 e. The van der Waals surface area contributed by atoms with Crippen LogP contribution < -0.4 is 5.73 Å². The van der Waals surface area contributed by atoms with Crippen LogP contribution in [0.15, 0.2) is 12.1 Å². The van der Waals surface area contributed by atoms with Gasteiger partial charge in [0.1, 0.15) is 0 Å². The fourth-order valence-electron chi connectivity index (χ4n) is 1.08. The second-order valence-corrected chi connectivity index (χ2v) is 4.97. The van der Waals surface area contributed by atoms with E-state index in [4.69, 9.17) is 5.73 Å². The van der Waals surface area contributed by atoms with Crippen LogP contribution in [-0.2, 0) is 0 Å². The highest BCUT2D eigenvalue weighted by Gasteiger charge is 2.03. The van der Waals surface area contributed by atoms with Gasteiger partial charge in [0.25, 0.3) is 0 Å². The average Bonchev–Trinajstić information content (AvgIpc) is 2.30. The third-order valence-electron chi connectivity index (χ3n) is 1.61. The van der Waals surface area contributed by atoms with E-state index in [1.165, 1.54) is 4.70 Å². The van der Waals surface area contributed by atoms with E-state index in [1.54, 1.807) is 11.3 Å². The van der Waals surface area contributed by atoms with Crippen LogP contribution in [0.5, 0.6) is 0 Å². The van der Waals surface area contributed by atoms with Crippen LogP contribution in [0.1, 0.15) is 5.01 Å². The average molecular weight is 290 g/mol. The molecule has 0 aliphatic rings. The molecule has 0 bridgehead atoms. The molecule has 0 atom stereocenters. The first-order valence-corrected chi connectivity index (χ1v) is 5.38. The SMILES string of the molecule is Cc1nc2cc(I)c(N)cc2s1. The Labute approximate surface area is 87.9 Å². The molecule has 1 aromatic heterocycles. The van der Waals surface area contributed by atoms with Crippen LogP contribution in [0, 0.1) is 10.5 Å². The van der Waals surface area contributed by atoms with Gasteiger partial charge in [0.05, 0.1) is 15.2 Å². The summed E-state index contributed by atoms with van der Waals surface area (Å²) in [6, 6.07) is 4.01. The van der Waals surface area contributed by atoms with Gasteiger partial charge >= 0.3 is 0 Å². The van der Waals surface area contributed by atoms with Crippen molar-refractivity contribution in [1.29, 1.82) is 0 Å². The van der Waals surface area contributed by atoms with Crippen LogP contribution in [0.3, 0.4) is 0 Å². The van der Waals surface area contributed by atoms with Gasteiger partial charge in [-0.15, -0.1) is 11.3 Å². The molecule has 2 aromatic rings. The van der Waals surface area contributed by atoms with Crippen molar-refractivity contribution in [3.63, 3.8) is 0 Å². The molecular weight excluding hydrogens is 283 g/mol. The number of aromatic nitrogens is 1. The first kappa shape index (κ1) is 8.25. The molecule has 0 aliphatic heterocycles. The highest BCUT2D eigenvalue weighted by atomic mass is 127. The summed E-state index contributed by atoms with van der Waals surface area (Å²) in [6.45, 7) is 2.01. The summed E-state index contributed by atoms with van der Waals surface area (Å²) in [6.07, 6.45) is 0. The van der Waals surface area contributed by atoms with Crippen molar-refractivity contribution in [2.45, 2.75) is 6.92 Å². The first-order chi connectivity index (χ1) is 5.66. The van der Waals surface area contributed by atoms with Gasteiger partial charge in [-0.2, -0.15) is 0 Å². The van der Waals surface area contributed by atoms with E-state index in [-0.39, 0.29) is 0 Å². The monoisotopic (exact) mass is 290 g/mol. The summed E-state index contributed by atoms with van der Waals surface area (Å²) in [5, 5.41) is 1.09. The number of nitrogens with two attached hydrogens (primary N) is 1. The lowest BCUT2D eigenvalue weighted by atomic mass is 10.3. The Kier molecular flexibility index (Phi) is 1.96. The van der Waals surface area contributed by atoms with E-state index in [0.29, 0.717) is 0 Å². The smallest absolute Gasteiger partial charge is 0.0907 e. The number of nitrogens with zero attached hydrogens (tertiary/aromatic N) is 1. The van der Waals surface area contributed by atoms with Gasteiger partial charge < -0.3 is 5.73 Å². The molecule has 12 heavy (non-hydrogen) atoms. The Hall–Kier alpha value is -0.360. The highest BCUT2D eigenvalue weighted by Crippen LogP contribution is 2.27. The van der Waals surface area contributed by atoms with Gasteiger partial charge in [0, 0.05) is 9.26 Å². The maximum atomic E-state index is 5.77. The van der Waals surface area contributed by atoms with E-state index in [1.807, 2.05) is 19.1 Å². The number of thiazole rings is 1. The third kappa shape index (κ3) is 1.29. The molecule has 0 unspecified atom stereocenters. The van der Waals surface area contributed by atoms with Crippen LogP contribution in [-0.4, -0.2) is 4.98 Å². The molecule has 2 rings (SSSR count). The van der Waals surface area contributed by atoms with Gasteiger partial charge in [-0.25, -0.2) is 4.98 Å². The van der Waals surface area contributed by atoms with Gasteiger partial charge in [0.15, 0.2) is 0 Å². The number of hydrogen-bond acceptors (Lipinski definition) is 3. The summed E-state index contributed by atoms with van der Waals surface area (Å²) in [5.41, 5.74) is 7.66. The van der Waals surface area contributed by atoms with Crippen molar-refractivity contribution in [1.82, 2.24) is 4.98 Å². The fraction of sp³-hybridized carbons (Fsp3) is 0.125. The second kappa shape index (κ2) is 2.85. The molecule has 0 saturated carbocycles. The fourth-order valence-corrected chi connectivity index (χ4v) is 2.39. The molecular formula is C8H7IN2S. The van der Waals surface area contributed by atoms with E-state index in [9.17, 15) is 0 Å². The summed E-state index contributed by atoms with van der Waals surface area (Å²) in [7, 11) is 0. The van der Waals surface area contributed by atoms with E-state index in [0.717, 1.165) is 19.8 Å². The van der Waals surface area contributed by atoms with Gasteiger partial charge in [0.2, 0.25) is 0 Å². The van der Waals surface area contributed by atoms with Crippen LogP contribution in [0.25, 0.3) is 10.2 Å². The predicted octanol–water partition coefficient (Wildman–Crippen LogP) is 2.79. The summed E-state index contributed by atoms with van der Waals surface area (Å²) in [4.78, 5) is 4.37. The molecule has 0 radical (unpaired) electrons. The topological polar surface area (TPSA) is 38.9 Å². The molecule has 2 N–H and O–H groups in total. The van der Waals surface area contributed by atoms with Gasteiger partial charge in [-0.1, -0.05) is 0 Å². The lowest BCUT2D eigenvalue weighted by Gasteiger charge is -1.95. The van der Waals surface area contributed by atoms with Crippen LogP contribution >= 0.6 is 33.9 Å². The van der Waals surface area contributed by atoms with E-state index < -0.39 is 0 Å². The Morgan fingerprint density at radius 2 is 2.25 bits per heavy atom. The minimum Gasteiger partial charge on any atom is -0.398 e. The Morgan fingerprint density at radius 3 is 3.00 bits per heavy atom. The lowest BCUT2D eigenvalue weighted by molar-refractivity contribution is 1.34.